The predicted molar refractivity (Wildman–Crippen MR) is 99.3 cm³/mol. The SMILES string of the molecule is COC(=O)c1cc(NC(=O)Cc2cc(OC)ccc2OC)c(SC)s1. The molecule has 6 nitrogen and oxygen atoms in total. The highest BCUT2D eigenvalue weighted by Gasteiger charge is 2.17. The Morgan fingerprint density at radius 3 is 2.52 bits per heavy atom. The molecule has 0 bridgehead atoms. The first-order valence-corrected chi connectivity index (χ1v) is 9.33. The van der Waals surface area contributed by atoms with Gasteiger partial charge in [-0.1, -0.05) is 0 Å². The summed E-state index contributed by atoms with van der Waals surface area (Å²) in [7, 11) is 4.45. The van der Waals surface area contributed by atoms with Crippen LogP contribution in [0.3, 0.4) is 0 Å². The summed E-state index contributed by atoms with van der Waals surface area (Å²) in [5, 5.41) is 2.84. The average Bonchev–Trinajstić information content (AvgIpc) is 3.03. The number of thiophene rings is 1. The second kappa shape index (κ2) is 8.77. The first-order chi connectivity index (χ1) is 12.0. The van der Waals surface area contributed by atoms with Crippen molar-refractivity contribution in [3.63, 3.8) is 0 Å². The van der Waals surface area contributed by atoms with Gasteiger partial charge in [0.15, 0.2) is 0 Å². The molecule has 2 aromatic rings. The zero-order valence-electron chi connectivity index (χ0n) is 14.4. The van der Waals surface area contributed by atoms with E-state index in [-0.39, 0.29) is 12.3 Å². The lowest BCUT2D eigenvalue weighted by Gasteiger charge is -2.11. The number of carbonyl (C=O) groups excluding carboxylic acids is 2. The number of hydrogen-bond acceptors (Lipinski definition) is 7. The van der Waals surface area contributed by atoms with Gasteiger partial charge in [0.05, 0.1) is 37.6 Å². The molecule has 0 radical (unpaired) electrons. The Balaban J connectivity index is 2.18. The molecule has 0 aliphatic heterocycles. The number of rotatable bonds is 7. The van der Waals surface area contributed by atoms with Crippen LogP contribution in [0, 0.1) is 0 Å². The lowest BCUT2D eigenvalue weighted by molar-refractivity contribution is -0.115. The van der Waals surface area contributed by atoms with Crippen LogP contribution in [0.1, 0.15) is 15.2 Å². The van der Waals surface area contributed by atoms with E-state index >= 15 is 0 Å². The fourth-order valence-corrected chi connectivity index (χ4v) is 3.90. The minimum atomic E-state index is -0.421. The molecule has 1 heterocycles. The molecule has 1 amide bonds. The third-order valence-electron chi connectivity index (χ3n) is 3.38. The largest absolute Gasteiger partial charge is 0.497 e. The van der Waals surface area contributed by atoms with Gasteiger partial charge in [-0.05, 0) is 30.5 Å². The van der Waals surface area contributed by atoms with Gasteiger partial charge < -0.3 is 19.5 Å². The van der Waals surface area contributed by atoms with Gasteiger partial charge in [-0.15, -0.1) is 23.1 Å². The zero-order chi connectivity index (χ0) is 18.4. The van der Waals surface area contributed by atoms with Crippen LogP contribution in [-0.4, -0.2) is 39.5 Å². The Morgan fingerprint density at radius 1 is 1.16 bits per heavy atom. The van der Waals surface area contributed by atoms with Crippen molar-refractivity contribution in [3.05, 3.63) is 34.7 Å². The molecule has 1 aromatic carbocycles. The highest BCUT2D eigenvalue weighted by atomic mass is 32.2. The summed E-state index contributed by atoms with van der Waals surface area (Å²) in [5.74, 6) is 0.629. The third kappa shape index (κ3) is 4.67. The van der Waals surface area contributed by atoms with Gasteiger partial charge in [0.25, 0.3) is 0 Å². The van der Waals surface area contributed by atoms with E-state index in [2.05, 4.69) is 5.32 Å². The van der Waals surface area contributed by atoms with Crippen LogP contribution in [0.15, 0.2) is 28.5 Å². The summed E-state index contributed by atoms with van der Waals surface area (Å²) in [6.07, 6.45) is 2.01. The molecular formula is C17H19NO5S2. The van der Waals surface area contributed by atoms with E-state index in [1.54, 1.807) is 38.5 Å². The molecule has 134 valence electrons. The first-order valence-electron chi connectivity index (χ1n) is 7.29. The molecule has 2 rings (SSSR count). The molecule has 1 aromatic heterocycles. The van der Waals surface area contributed by atoms with Crippen LogP contribution in [-0.2, 0) is 16.0 Å². The molecule has 0 unspecified atom stereocenters. The molecule has 1 N–H and O–H groups in total. The standard InChI is InChI=1S/C17H19NO5S2/c1-21-11-5-6-13(22-2)10(7-11)8-15(19)18-12-9-14(16(20)23-3)25-17(12)24-4/h5-7,9H,8H2,1-4H3,(H,18,19). The second-order valence-corrected chi connectivity index (χ2v) is 7.04. The molecule has 25 heavy (non-hydrogen) atoms. The minimum Gasteiger partial charge on any atom is -0.497 e. The number of amides is 1. The number of thioether (sulfide) groups is 1. The maximum atomic E-state index is 12.4. The van der Waals surface area contributed by atoms with Crippen molar-refractivity contribution < 1.29 is 23.8 Å². The van der Waals surface area contributed by atoms with E-state index < -0.39 is 5.97 Å². The van der Waals surface area contributed by atoms with Gasteiger partial charge in [-0.2, -0.15) is 0 Å². The zero-order valence-corrected chi connectivity index (χ0v) is 16.0. The van der Waals surface area contributed by atoms with Crippen molar-refractivity contribution in [1.82, 2.24) is 0 Å². The maximum absolute atomic E-state index is 12.4. The van der Waals surface area contributed by atoms with Gasteiger partial charge in [-0.3, -0.25) is 4.79 Å². The average molecular weight is 381 g/mol. The quantitative estimate of drug-likeness (QED) is 0.585. The molecular weight excluding hydrogens is 362 g/mol. The highest BCUT2D eigenvalue weighted by molar-refractivity contribution is 8.00. The monoisotopic (exact) mass is 381 g/mol. The minimum absolute atomic E-state index is 0.123. The lowest BCUT2D eigenvalue weighted by Crippen LogP contribution is -2.15. The lowest BCUT2D eigenvalue weighted by atomic mass is 10.1. The third-order valence-corrected chi connectivity index (χ3v) is 5.63. The summed E-state index contributed by atoms with van der Waals surface area (Å²) in [5.41, 5.74) is 1.32. The van der Waals surface area contributed by atoms with Crippen molar-refractivity contribution in [2.75, 3.05) is 32.9 Å². The van der Waals surface area contributed by atoms with E-state index in [9.17, 15) is 9.59 Å². The van der Waals surface area contributed by atoms with E-state index in [1.807, 2.05) is 6.26 Å². The smallest absolute Gasteiger partial charge is 0.348 e. The van der Waals surface area contributed by atoms with Gasteiger partial charge in [0.1, 0.15) is 16.4 Å². The number of esters is 1. The number of methoxy groups -OCH3 is 3. The Hall–Kier alpha value is -2.19. The van der Waals surface area contributed by atoms with Crippen LogP contribution in [0.4, 0.5) is 5.69 Å². The molecule has 0 aliphatic rings. The fraction of sp³-hybridized carbons (Fsp3) is 0.294. The molecule has 0 fully saturated rings. The molecule has 0 saturated carbocycles. The van der Waals surface area contributed by atoms with Gasteiger partial charge in [-0.25, -0.2) is 4.79 Å². The Morgan fingerprint density at radius 2 is 1.92 bits per heavy atom. The van der Waals surface area contributed by atoms with Gasteiger partial charge in [0, 0.05) is 5.56 Å². The van der Waals surface area contributed by atoms with Gasteiger partial charge in [0.2, 0.25) is 5.91 Å². The number of benzene rings is 1. The Kier molecular flexibility index (Phi) is 6.72. The molecule has 0 spiro atoms. The van der Waals surface area contributed by atoms with Crippen LogP contribution in [0.25, 0.3) is 0 Å². The molecule has 0 saturated heterocycles. The Bertz CT molecular complexity index is 772. The molecule has 0 aliphatic carbocycles. The summed E-state index contributed by atoms with van der Waals surface area (Å²) >= 11 is 2.74. The Labute approximate surface area is 154 Å². The van der Waals surface area contributed by atoms with E-state index in [1.165, 1.54) is 30.2 Å². The number of hydrogen-bond donors (Lipinski definition) is 1. The predicted octanol–water partition coefficient (Wildman–Crippen LogP) is 3.46. The topological polar surface area (TPSA) is 73.9 Å². The molecule has 8 heteroatoms. The summed E-state index contributed by atoms with van der Waals surface area (Å²) in [4.78, 5) is 24.5. The van der Waals surface area contributed by atoms with Gasteiger partial charge >= 0.3 is 5.97 Å². The number of ether oxygens (including phenoxy) is 3. The van der Waals surface area contributed by atoms with Crippen molar-refractivity contribution in [2.45, 2.75) is 10.6 Å². The number of nitrogens with one attached hydrogen (secondary N) is 1. The fourth-order valence-electron chi connectivity index (χ4n) is 2.20. The van der Waals surface area contributed by atoms with Crippen LogP contribution >= 0.6 is 23.1 Å². The highest BCUT2D eigenvalue weighted by Crippen LogP contribution is 2.35. The summed E-state index contributed by atoms with van der Waals surface area (Å²) in [6, 6.07) is 6.92. The first kappa shape index (κ1) is 19.1. The summed E-state index contributed by atoms with van der Waals surface area (Å²) < 4.78 is 16.0. The normalized spacial score (nSPS) is 10.2. The second-order valence-electron chi connectivity index (χ2n) is 4.91. The van der Waals surface area contributed by atoms with Crippen molar-refractivity contribution in [2.24, 2.45) is 0 Å². The van der Waals surface area contributed by atoms with E-state index in [0.717, 1.165) is 4.21 Å². The van der Waals surface area contributed by atoms with Crippen LogP contribution < -0.4 is 14.8 Å². The van der Waals surface area contributed by atoms with Crippen molar-refractivity contribution in [3.8, 4) is 11.5 Å². The molecule has 0 atom stereocenters. The van der Waals surface area contributed by atoms with Crippen molar-refractivity contribution in [1.29, 1.82) is 0 Å². The van der Waals surface area contributed by atoms with Crippen LogP contribution in [0.2, 0.25) is 0 Å². The van der Waals surface area contributed by atoms with Crippen molar-refractivity contribution >= 4 is 40.7 Å². The number of anilines is 1. The van der Waals surface area contributed by atoms with Crippen LogP contribution in [0.5, 0.6) is 11.5 Å². The maximum Gasteiger partial charge on any atom is 0.348 e. The summed E-state index contributed by atoms with van der Waals surface area (Å²) in [6.45, 7) is 0. The van der Waals surface area contributed by atoms with E-state index in [0.29, 0.717) is 27.6 Å². The number of carbonyl (C=O) groups is 2. The van der Waals surface area contributed by atoms with E-state index in [4.69, 9.17) is 14.2 Å².